The van der Waals surface area contributed by atoms with Crippen LogP contribution in [0.1, 0.15) is 0 Å². The van der Waals surface area contributed by atoms with E-state index in [9.17, 15) is 4.79 Å². The number of rotatable bonds is 1. The Morgan fingerprint density at radius 3 is 2.76 bits per heavy atom. The van der Waals surface area contributed by atoms with E-state index in [0.29, 0.717) is 11.0 Å². The first-order valence-electron chi connectivity index (χ1n) is 4.93. The third kappa shape index (κ3) is 1.60. The Bertz CT molecular complexity index is 729. The van der Waals surface area contributed by atoms with Gasteiger partial charge in [-0.2, -0.15) is 0 Å². The first kappa shape index (κ1) is 10.0. The van der Waals surface area contributed by atoms with Gasteiger partial charge in [-0.05, 0) is 12.1 Å². The summed E-state index contributed by atoms with van der Waals surface area (Å²) in [5.74, 6) is 0.442. The maximum Gasteiger partial charge on any atom is 0.332 e. The molecule has 2 heterocycles. The monoisotopic (exact) mass is 246 g/mol. The zero-order chi connectivity index (χ0) is 11.8. The first-order valence-corrected chi connectivity index (χ1v) is 5.31. The Hall–Kier alpha value is -2.14. The topological polar surface area (TPSA) is 63.6 Å². The van der Waals surface area contributed by atoms with E-state index < -0.39 is 0 Å². The SMILES string of the molecule is O=c1[nH]c2ccccc2n1-c1cnc(Cl)cn1. The van der Waals surface area contributed by atoms with E-state index in [-0.39, 0.29) is 5.69 Å². The first-order chi connectivity index (χ1) is 8.25. The molecule has 6 heteroatoms. The van der Waals surface area contributed by atoms with Gasteiger partial charge in [0, 0.05) is 0 Å². The molecule has 5 nitrogen and oxygen atoms in total. The number of H-pyrrole nitrogens is 1. The molecule has 0 unspecified atom stereocenters. The van der Waals surface area contributed by atoms with Crippen LogP contribution in [0.3, 0.4) is 0 Å². The van der Waals surface area contributed by atoms with Crippen molar-refractivity contribution in [1.82, 2.24) is 19.5 Å². The van der Waals surface area contributed by atoms with Gasteiger partial charge in [-0.25, -0.2) is 19.3 Å². The zero-order valence-corrected chi connectivity index (χ0v) is 9.35. The smallest absolute Gasteiger partial charge is 0.305 e. The second kappa shape index (κ2) is 3.71. The van der Waals surface area contributed by atoms with Crippen LogP contribution in [0.2, 0.25) is 5.15 Å². The highest BCUT2D eigenvalue weighted by molar-refractivity contribution is 6.29. The fourth-order valence-corrected chi connectivity index (χ4v) is 1.80. The molecular formula is C11H7ClN4O. The number of hydrogen-bond acceptors (Lipinski definition) is 3. The molecule has 2 aromatic heterocycles. The summed E-state index contributed by atoms with van der Waals surface area (Å²) in [4.78, 5) is 22.6. The van der Waals surface area contributed by atoms with Crippen LogP contribution in [0.25, 0.3) is 16.9 Å². The van der Waals surface area contributed by atoms with Crippen LogP contribution in [0, 0.1) is 0 Å². The lowest BCUT2D eigenvalue weighted by molar-refractivity contribution is 0.949. The molecule has 0 saturated carbocycles. The standard InChI is InChI=1S/C11H7ClN4O/c12-9-5-14-10(6-13-9)16-8-4-2-1-3-7(8)15-11(16)17/h1-6H,(H,15,17). The average molecular weight is 247 g/mol. The lowest BCUT2D eigenvalue weighted by atomic mass is 10.3. The summed E-state index contributed by atoms with van der Waals surface area (Å²) in [7, 11) is 0. The lowest BCUT2D eigenvalue weighted by Crippen LogP contribution is -2.15. The second-order valence-corrected chi connectivity index (χ2v) is 3.87. The van der Waals surface area contributed by atoms with Crippen molar-refractivity contribution in [3.63, 3.8) is 0 Å². The zero-order valence-electron chi connectivity index (χ0n) is 8.59. The van der Waals surface area contributed by atoms with E-state index in [1.165, 1.54) is 17.0 Å². The number of aromatic nitrogens is 4. The number of imidazole rings is 1. The molecule has 0 saturated heterocycles. The summed E-state index contributed by atoms with van der Waals surface area (Å²) in [6.07, 6.45) is 2.87. The normalized spacial score (nSPS) is 10.9. The van der Waals surface area contributed by atoms with Crippen LogP contribution in [-0.2, 0) is 0 Å². The van der Waals surface area contributed by atoms with Crippen LogP contribution in [0.15, 0.2) is 41.5 Å². The van der Waals surface area contributed by atoms with Crippen molar-refractivity contribution in [2.45, 2.75) is 0 Å². The van der Waals surface area contributed by atoms with Crippen molar-refractivity contribution < 1.29 is 0 Å². The summed E-state index contributed by atoms with van der Waals surface area (Å²) < 4.78 is 1.46. The molecule has 84 valence electrons. The summed E-state index contributed by atoms with van der Waals surface area (Å²) in [6, 6.07) is 7.38. The van der Waals surface area contributed by atoms with Gasteiger partial charge in [0.25, 0.3) is 0 Å². The van der Waals surface area contributed by atoms with Crippen LogP contribution < -0.4 is 5.69 Å². The predicted octanol–water partition coefficient (Wildman–Crippen LogP) is 1.76. The Morgan fingerprint density at radius 1 is 1.18 bits per heavy atom. The van der Waals surface area contributed by atoms with Gasteiger partial charge in [-0.15, -0.1) is 0 Å². The van der Waals surface area contributed by atoms with Crippen molar-refractivity contribution in [3.8, 4) is 5.82 Å². The van der Waals surface area contributed by atoms with Gasteiger partial charge in [-0.1, -0.05) is 23.7 Å². The molecule has 1 N–H and O–H groups in total. The highest BCUT2D eigenvalue weighted by Gasteiger charge is 2.08. The largest absolute Gasteiger partial charge is 0.332 e. The molecule has 0 atom stereocenters. The molecule has 3 rings (SSSR count). The molecule has 1 aromatic carbocycles. The number of nitrogens with one attached hydrogen (secondary N) is 1. The quantitative estimate of drug-likeness (QED) is 0.712. The maximum absolute atomic E-state index is 11.8. The number of para-hydroxylation sites is 2. The third-order valence-corrected chi connectivity index (χ3v) is 2.62. The maximum atomic E-state index is 11.8. The fraction of sp³-hybridized carbons (Fsp3) is 0. The van der Waals surface area contributed by atoms with E-state index in [1.54, 1.807) is 0 Å². The minimum Gasteiger partial charge on any atom is -0.305 e. The number of fused-ring (bicyclic) bond motifs is 1. The van der Waals surface area contributed by atoms with Crippen LogP contribution >= 0.6 is 11.6 Å². The van der Waals surface area contributed by atoms with Gasteiger partial charge < -0.3 is 4.98 Å². The fourth-order valence-electron chi connectivity index (χ4n) is 1.70. The summed E-state index contributed by atoms with van der Waals surface area (Å²) in [6.45, 7) is 0. The van der Waals surface area contributed by atoms with Gasteiger partial charge in [0.15, 0.2) is 5.82 Å². The average Bonchev–Trinajstić information content (AvgIpc) is 2.66. The highest BCUT2D eigenvalue weighted by atomic mass is 35.5. The van der Waals surface area contributed by atoms with Gasteiger partial charge >= 0.3 is 5.69 Å². The predicted molar refractivity (Wildman–Crippen MR) is 64.5 cm³/mol. The summed E-state index contributed by atoms with van der Waals surface area (Å²) in [5.41, 5.74) is 1.27. The van der Waals surface area contributed by atoms with Crippen LogP contribution in [0.5, 0.6) is 0 Å². The van der Waals surface area contributed by atoms with Crippen molar-refractivity contribution in [1.29, 1.82) is 0 Å². The molecule has 0 fully saturated rings. The van der Waals surface area contributed by atoms with Crippen LogP contribution in [-0.4, -0.2) is 19.5 Å². The summed E-state index contributed by atoms with van der Waals surface area (Å²) >= 11 is 5.66. The van der Waals surface area contributed by atoms with Crippen molar-refractivity contribution in [2.24, 2.45) is 0 Å². The number of aromatic amines is 1. The minimum atomic E-state index is -0.247. The molecule has 0 aliphatic rings. The van der Waals surface area contributed by atoms with Crippen molar-refractivity contribution >= 4 is 22.6 Å². The Balaban J connectivity index is 2.33. The molecule has 0 bridgehead atoms. The molecular weight excluding hydrogens is 240 g/mol. The third-order valence-electron chi connectivity index (χ3n) is 2.43. The minimum absolute atomic E-state index is 0.247. The lowest BCUT2D eigenvalue weighted by Gasteiger charge is -2.00. The van der Waals surface area contributed by atoms with Crippen LogP contribution in [0.4, 0.5) is 0 Å². The molecule has 17 heavy (non-hydrogen) atoms. The molecule has 3 aromatic rings. The van der Waals surface area contributed by atoms with E-state index in [4.69, 9.17) is 11.6 Å². The highest BCUT2D eigenvalue weighted by Crippen LogP contribution is 2.13. The van der Waals surface area contributed by atoms with Gasteiger partial charge in [-0.3, -0.25) is 0 Å². The Labute approximate surface area is 101 Å². The second-order valence-electron chi connectivity index (χ2n) is 3.48. The van der Waals surface area contributed by atoms with Gasteiger partial charge in [0.1, 0.15) is 5.15 Å². The molecule has 0 aliphatic carbocycles. The Kier molecular flexibility index (Phi) is 2.19. The Morgan fingerprint density at radius 2 is 2.00 bits per heavy atom. The van der Waals surface area contributed by atoms with E-state index in [0.717, 1.165) is 11.0 Å². The molecule has 0 aliphatic heterocycles. The number of hydrogen-bond donors (Lipinski definition) is 1. The molecule has 0 spiro atoms. The molecule has 0 radical (unpaired) electrons. The number of halogens is 1. The van der Waals surface area contributed by atoms with Gasteiger partial charge in [0.05, 0.1) is 23.4 Å². The van der Waals surface area contributed by atoms with E-state index >= 15 is 0 Å². The van der Waals surface area contributed by atoms with Gasteiger partial charge in [0.2, 0.25) is 0 Å². The van der Waals surface area contributed by atoms with E-state index in [2.05, 4.69) is 15.0 Å². The molecule has 0 amide bonds. The van der Waals surface area contributed by atoms with Crippen molar-refractivity contribution in [3.05, 3.63) is 52.3 Å². The number of nitrogens with zero attached hydrogens (tertiary/aromatic N) is 3. The van der Waals surface area contributed by atoms with Crippen molar-refractivity contribution in [2.75, 3.05) is 0 Å². The number of benzene rings is 1. The van der Waals surface area contributed by atoms with E-state index in [1.807, 2.05) is 24.3 Å². The summed E-state index contributed by atoms with van der Waals surface area (Å²) in [5, 5.41) is 0.293.